The zero-order chi connectivity index (χ0) is 42.6. The lowest BCUT2D eigenvalue weighted by Gasteiger charge is -2.36. The molecule has 0 saturated carbocycles. The van der Waals surface area contributed by atoms with Gasteiger partial charge in [-0.1, -0.05) is 75.1 Å². The van der Waals surface area contributed by atoms with E-state index >= 15 is 0 Å². The number of carboxylic acid groups (broad SMARTS) is 1. The molecule has 2 aromatic carbocycles. The van der Waals surface area contributed by atoms with E-state index in [0.717, 1.165) is 36.5 Å². The summed E-state index contributed by atoms with van der Waals surface area (Å²) < 4.78 is 0. The zero-order valence-corrected chi connectivity index (χ0v) is 34.3. The molecule has 0 aliphatic carbocycles. The van der Waals surface area contributed by atoms with Crippen molar-refractivity contribution in [2.45, 2.75) is 133 Å². The van der Waals surface area contributed by atoms with Gasteiger partial charge in [0.05, 0.1) is 6.10 Å². The summed E-state index contributed by atoms with van der Waals surface area (Å²) >= 11 is 4.40. The lowest BCUT2D eigenvalue weighted by atomic mass is 9.93. The highest BCUT2D eigenvalue weighted by atomic mass is 32.1. The minimum absolute atomic E-state index is 0.0873. The van der Waals surface area contributed by atoms with Gasteiger partial charge in [-0.15, -0.1) is 0 Å². The summed E-state index contributed by atoms with van der Waals surface area (Å²) in [5.41, 5.74) is 11.4. The molecular weight excluding hydrogens is 767 g/mol. The number of nitrogens with one attached hydrogen (secondary N) is 3. The lowest BCUT2D eigenvalue weighted by molar-refractivity contribution is -0.149. The number of thiol groups is 1. The minimum atomic E-state index is -1.61. The van der Waals surface area contributed by atoms with Gasteiger partial charge in [0.1, 0.15) is 35.7 Å². The van der Waals surface area contributed by atoms with E-state index < -0.39 is 77.4 Å². The number of carbonyl (C=O) groups is 7. The SMILES string of the molecule is CCCCCC[C@](N)(CS)C(=O)N1CCC[C@H]1C(=O)N1CCC[C@H]1C(=O)N[C@H](C(=O)N[C@@H](CCC(N)=O)C(=O)N[C@@H](Cc1cccc2ccccc12)C(=O)O)[C@@H](C)O. The van der Waals surface area contributed by atoms with E-state index in [1.165, 1.54) is 16.7 Å². The van der Waals surface area contributed by atoms with E-state index in [9.17, 15) is 43.8 Å². The molecule has 2 aromatic rings. The van der Waals surface area contributed by atoms with E-state index in [-0.39, 0.29) is 43.9 Å². The van der Waals surface area contributed by atoms with E-state index in [0.29, 0.717) is 37.8 Å². The van der Waals surface area contributed by atoms with Crippen molar-refractivity contribution in [3.05, 3.63) is 48.0 Å². The minimum Gasteiger partial charge on any atom is -0.480 e. The van der Waals surface area contributed by atoms with Crippen LogP contribution < -0.4 is 27.4 Å². The van der Waals surface area contributed by atoms with Crippen LogP contribution in [0.25, 0.3) is 10.8 Å². The van der Waals surface area contributed by atoms with Crippen LogP contribution in [0.4, 0.5) is 0 Å². The molecule has 0 spiro atoms. The van der Waals surface area contributed by atoms with Gasteiger partial charge < -0.3 is 47.4 Å². The van der Waals surface area contributed by atoms with Crippen LogP contribution in [-0.4, -0.2) is 122 Å². The third-order valence-electron chi connectivity index (χ3n) is 11.1. The number of benzene rings is 2. The normalized spacial score (nSPS) is 19.7. The Hall–Kier alpha value is -4.74. The van der Waals surface area contributed by atoms with Crippen molar-refractivity contribution in [2.75, 3.05) is 18.8 Å². The summed E-state index contributed by atoms with van der Waals surface area (Å²) in [5.74, 6) is -5.37. The van der Waals surface area contributed by atoms with E-state index in [2.05, 4.69) is 35.5 Å². The Kier molecular flexibility index (Phi) is 16.9. The number of likely N-dealkylation sites (tertiary alicyclic amines) is 2. The van der Waals surface area contributed by atoms with Crippen LogP contribution >= 0.6 is 12.6 Å². The topological polar surface area (TPSA) is 255 Å². The Balaban J connectivity index is 1.45. The Morgan fingerprint density at radius 2 is 1.53 bits per heavy atom. The van der Waals surface area contributed by atoms with Crippen molar-refractivity contribution in [3.63, 3.8) is 0 Å². The fourth-order valence-electron chi connectivity index (χ4n) is 7.80. The standard InChI is InChI=1S/C41H59N7O9S/c1-3-4-5-8-20-41(43,24-58)40(57)48-22-11-17-32(48)38(54)47-21-10-16-31(47)36(52)46-34(25(2)49)37(53)44-29(18-19-33(42)50)35(51)45-30(39(55)56)23-27-14-9-13-26-12-6-7-15-28(26)27/h6-7,9,12-15,25,29-32,34,49,58H,3-5,8,10-11,16-24,43H2,1-2H3,(H2,42,50)(H,44,53)(H,45,51)(H,46,52)(H,55,56)/t25-,29+,30+,31+,32+,34+,41+/m1/s1. The second-order valence-electron chi connectivity index (χ2n) is 15.5. The maximum absolute atomic E-state index is 14.0. The number of primary amides is 1. The number of carboxylic acids is 1. The molecule has 17 heteroatoms. The summed E-state index contributed by atoms with van der Waals surface area (Å²) in [4.78, 5) is 95.9. The van der Waals surface area contributed by atoms with Crippen molar-refractivity contribution < 1.29 is 43.8 Å². The van der Waals surface area contributed by atoms with Crippen molar-refractivity contribution in [1.29, 1.82) is 0 Å². The number of aliphatic carboxylic acids is 1. The highest BCUT2D eigenvalue weighted by Crippen LogP contribution is 2.29. The molecule has 9 N–H and O–H groups in total. The van der Waals surface area contributed by atoms with Crippen LogP contribution in [0.3, 0.4) is 0 Å². The fraction of sp³-hybridized carbons (Fsp3) is 0.585. The van der Waals surface area contributed by atoms with Gasteiger partial charge in [-0.3, -0.25) is 28.8 Å². The van der Waals surface area contributed by atoms with E-state index in [4.69, 9.17) is 11.5 Å². The van der Waals surface area contributed by atoms with Crippen LogP contribution in [0.1, 0.15) is 90.0 Å². The Morgan fingerprint density at radius 3 is 2.19 bits per heavy atom. The number of unbranched alkanes of at least 4 members (excludes halogenated alkanes) is 3. The highest BCUT2D eigenvalue weighted by Gasteiger charge is 2.46. The number of fused-ring (bicyclic) bond motifs is 1. The first-order valence-corrected chi connectivity index (χ1v) is 20.8. The molecule has 0 unspecified atom stereocenters. The van der Waals surface area contributed by atoms with Gasteiger partial charge in [0.15, 0.2) is 0 Å². The Morgan fingerprint density at radius 1 is 0.879 bits per heavy atom. The number of aliphatic hydroxyl groups is 1. The quantitative estimate of drug-likeness (QED) is 0.0658. The molecule has 318 valence electrons. The number of carbonyl (C=O) groups excluding carboxylic acids is 6. The van der Waals surface area contributed by atoms with Crippen LogP contribution in [0.15, 0.2) is 42.5 Å². The van der Waals surface area contributed by atoms with Crippen LogP contribution in [-0.2, 0) is 40.0 Å². The second-order valence-corrected chi connectivity index (χ2v) is 15.8. The number of aliphatic hydroxyl groups excluding tert-OH is 1. The molecular formula is C41H59N7O9S. The van der Waals surface area contributed by atoms with Crippen LogP contribution in [0, 0.1) is 0 Å². The summed E-state index contributed by atoms with van der Waals surface area (Å²) in [6.07, 6.45) is 3.65. The molecule has 16 nitrogen and oxygen atoms in total. The van der Waals surface area contributed by atoms with Crippen molar-refractivity contribution >= 4 is 64.8 Å². The number of nitrogens with two attached hydrogens (primary N) is 2. The third kappa shape index (κ3) is 11.7. The first-order valence-electron chi connectivity index (χ1n) is 20.2. The number of rotatable bonds is 21. The van der Waals surface area contributed by atoms with E-state index in [1.807, 2.05) is 30.3 Å². The first kappa shape index (κ1) is 46.0. The number of amides is 6. The molecule has 0 bridgehead atoms. The molecule has 0 radical (unpaired) electrons. The van der Waals surface area contributed by atoms with Gasteiger partial charge in [0.25, 0.3) is 0 Å². The fourth-order valence-corrected chi connectivity index (χ4v) is 8.10. The second kappa shape index (κ2) is 21.3. The molecule has 2 fully saturated rings. The number of nitrogens with zero attached hydrogens (tertiary/aromatic N) is 2. The van der Waals surface area contributed by atoms with Crippen molar-refractivity contribution in [1.82, 2.24) is 25.8 Å². The zero-order valence-electron chi connectivity index (χ0n) is 33.4. The van der Waals surface area contributed by atoms with Crippen LogP contribution in [0.5, 0.6) is 0 Å². The van der Waals surface area contributed by atoms with Crippen molar-refractivity contribution in [2.24, 2.45) is 11.5 Å². The Labute approximate surface area is 344 Å². The van der Waals surface area contributed by atoms with Crippen molar-refractivity contribution in [3.8, 4) is 0 Å². The molecule has 2 heterocycles. The van der Waals surface area contributed by atoms with Gasteiger partial charge in [-0.05, 0) is 61.8 Å². The largest absolute Gasteiger partial charge is 0.480 e. The van der Waals surface area contributed by atoms with Gasteiger partial charge >= 0.3 is 5.97 Å². The predicted octanol–water partition coefficient (Wildman–Crippen LogP) is 1.15. The maximum atomic E-state index is 14.0. The molecule has 4 rings (SSSR count). The molecule has 2 aliphatic rings. The molecule has 2 aliphatic heterocycles. The maximum Gasteiger partial charge on any atom is 0.326 e. The molecule has 0 aromatic heterocycles. The van der Waals surface area contributed by atoms with Crippen LogP contribution in [0.2, 0.25) is 0 Å². The molecule has 7 atom stereocenters. The van der Waals surface area contributed by atoms with Gasteiger partial charge in [-0.2, -0.15) is 12.6 Å². The summed E-state index contributed by atoms with van der Waals surface area (Å²) in [6, 6.07) is 6.44. The lowest BCUT2D eigenvalue weighted by Crippen LogP contribution is -2.62. The highest BCUT2D eigenvalue weighted by molar-refractivity contribution is 7.80. The summed E-state index contributed by atoms with van der Waals surface area (Å²) in [5, 5.41) is 29.9. The van der Waals surface area contributed by atoms with E-state index in [1.54, 1.807) is 12.1 Å². The first-order chi connectivity index (χ1) is 27.6. The predicted molar refractivity (Wildman–Crippen MR) is 220 cm³/mol. The summed E-state index contributed by atoms with van der Waals surface area (Å²) in [7, 11) is 0. The monoisotopic (exact) mass is 825 g/mol. The molecule has 2 saturated heterocycles. The summed E-state index contributed by atoms with van der Waals surface area (Å²) in [6.45, 7) is 3.92. The van der Waals surface area contributed by atoms with Gasteiger partial charge in [0, 0.05) is 31.7 Å². The average Bonchev–Trinajstić information content (AvgIpc) is 3.90. The van der Waals surface area contributed by atoms with Gasteiger partial charge in [-0.25, -0.2) is 4.79 Å². The molecule has 6 amide bonds. The number of hydrogen-bond acceptors (Lipinski definition) is 10. The Bertz CT molecular complexity index is 1810. The smallest absolute Gasteiger partial charge is 0.326 e. The molecule has 58 heavy (non-hydrogen) atoms. The van der Waals surface area contributed by atoms with Gasteiger partial charge in [0.2, 0.25) is 35.4 Å². The number of hydrogen-bond donors (Lipinski definition) is 8. The third-order valence-corrected chi connectivity index (χ3v) is 11.7. The average molecular weight is 826 g/mol.